The van der Waals surface area contributed by atoms with Gasteiger partial charge in [0.05, 0.1) is 23.6 Å². The number of ether oxygens (including phenoxy) is 1. The van der Waals surface area contributed by atoms with Crippen molar-refractivity contribution in [3.8, 4) is 11.3 Å². The molecule has 2 aromatic heterocycles. The first-order valence-corrected chi connectivity index (χ1v) is 11.7. The molecule has 1 saturated heterocycles. The molecule has 0 saturated carbocycles. The maximum absolute atomic E-state index is 13.7. The normalized spacial score (nSPS) is 14.4. The van der Waals surface area contributed by atoms with Crippen LogP contribution in [0.4, 0.5) is 36.2 Å². The molecule has 2 aromatic carbocycles. The quantitative estimate of drug-likeness (QED) is 0.279. The molecule has 1 aliphatic heterocycles. The van der Waals surface area contributed by atoms with Crippen LogP contribution in [-0.2, 0) is 15.7 Å². The van der Waals surface area contributed by atoms with Crippen molar-refractivity contribution < 1.29 is 27.5 Å². The van der Waals surface area contributed by atoms with E-state index in [9.17, 15) is 22.8 Å². The summed E-state index contributed by atoms with van der Waals surface area (Å²) in [7, 11) is 0. The number of nitrogens with zero attached hydrogens (tertiary/aromatic N) is 3. The fraction of sp³-hybridized carbons (Fsp3) is 0.148. The van der Waals surface area contributed by atoms with Crippen LogP contribution in [0.2, 0.25) is 0 Å². The molecule has 0 bridgehead atoms. The highest BCUT2D eigenvalue weighted by Gasteiger charge is 2.37. The van der Waals surface area contributed by atoms with Gasteiger partial charge >= 0.3 is 6.18 Å². The summed E-state index contributed by atoms with van der Waals surface area (Å²) in [6.45, 7) is 1.99. The third kappa shape index (κ3) is 6.18. The molecule has 0 aliphatic carbocycles. The highest BCUT2D eigenvalue weighted by molar-refractivity contribution is 6.05. The summed E-state index contributed by atoms with van der Waals surface area (Å²) in [4.78, 5) is 37.6. The number of amides is 2. The molecule has 2 amide bonds. The molecule has 3 N–H and O–H groups in total. The highest BCUT2D eigenvalue weighted by atomic mass is 19.4. The molecule has 198 valence electrons. The lowest BCUT2D eigenvalue weighted by Gasteiger charge is -2.16. The predicted molar refractivity (Wildman–Crippen MR) is 137 cm³/mol. The number of anilines is 4. The minimum Gasteiger partial charge on any atom is -0.363 e. The smallest absolute Gasteiger partial charge is 0.363 e. The average Bonchev–Trinajstić information content (AvgIpc) is 3.77. The van der Waals surface area contributed by atoms with Crippen LogP contribution in [0.25, 0.3) is 11.3 Å². The van der Waals surface area contributed by atoms with Crippen molar-refractivity contribution >= 4 is 34.8 Å². The number of rotatable bonds is 7. The van der Waals surface area contributed by atoms with Gasteiger partial charge in [-0.3, -0.25) is 14.6 Å². The van der Waals surface area contributed by atoms with Crippen molar-refractivity contribution in [2.45, 2.75) is 19.2 Å². The van der Waals surface area contributed by atoms with Crippen molar-refractivity contribution in [1.82, 2.24) is 15.0 Å². The molecule has 12 heteroatoms. The summed E-state index contributed by atoms with van der Waals surface area (Å²) >= 11 is 0. The number of nitrogens with one attached hydrogen (secondary N) is 3. The van der Waals surface area contributed by atoms with Gasteiger partial charge in [0.15, 0.2) is 6.10 Å². The van der Waals surface area contributed by atoms with Crippen molar-refractivity contribution in [3.63, 3.8) is 0 Å². The van der Waals surface area contributed by atoms with Crippen LogP contribution in [0.15, 0.2) is 73.2 Å². The Hall–Kier alpha value is -4.84. The molecule has 0 radical (unpaired) electrons. The van der Waals surface area contributed by atoms with Gasteiger partial charge in [-0.05, 0) is 61.0 Å². The third-order valence-electron chi connectivity index (χ3n) is 5.83. The van der Waals surface area contributed by atoms with E-state index in [1.165, 1.54) is 6.07 Å². The Morgan fingerprint density at radius 1 is 1.00 bits per heavy atom. The predicted octanol–water partition coefficient (Wildman–Crippen LogP) is 5.20. The Kier molecular flexibility index (Phi) is 6.94. The second-order valence-corrected chi connectivity index (χ2v) is 8.69. The van der Waals surface area contributed by atoms with Gasteiger partial charge in [-0.25, -0.2) is 9.97 Å². The molecule has 5 rings (SSSR count). The lowest BCUT2D eigenvalue weighted by molar-refractivity contribution is -0.136. The van der Waals surface area contributed by atoms with Crippen LogP contribution in [0.3, 0.4) is 0 Å². The van der Waals surface area contributed by atoms with E-state index in [0.29, 0.717) is 17.3 Å². The fourth-order valence-corrected chi connectivity index (χ4v) is 3.69. The Labute approximate surface area is 220 Å². The molecule has 1 fully saturated rings. The molecule has 1 atom stereocenters. The molecule has 1 aliphatic rings. The molecule has 39 heavy (non-hydrogen) atoms. The minimum absolute atomic E-state index is 0.0874. The van der Waals surface area contributed by atoms with Crippen LogP contribution in [0, 0.1) is 6.92 Å². The number of alkyl halides is 3. The van der Waals surface area contributed by atoms with Crippen LogP contribution < -0.4 is 16.0 Å². The van der Waals surface area contributed by atoms with Gasteiger partial charge in [0.25, 0.3) is 11.8 Å². The third-order valence-corrected chi connectivity index (χ3v) is 5.83. The van der Waals surface area contributed by atoms with Gasteiger partial charge in [-0.1, -0.05) is 6.07 Å². The first-order valence-electron chi connectivity index (χ1n) is 11.7. The van der Waals surface area contributed by atoms with Gasteiger partial charge in [0, 0.05) is 41.1 Å². The van der Waals surface area contributed by atoms with Gasteiger partial charge < -0.3 is 20.7 Å². The van der Waals surface area contributed by atoms with Gasteiger partial charge in [0.2, 0.25) is 5.95 Å². The van der Waals surface area contributed by atoms with Crippen molar-refractivity contribution in [2.75, 3.05) is 22.6 Å². The summed E-state index contributed by atoms with van der Waals surface area (Å²) in [5.74, 6) is -0.993. The number of carbonyl (C=O) groups is 2. The summed E-state index contributed by atoms with van der Waals surface area (Å²) < 4.78 is 45.8. The number of halogens is 3. The van der Waals surface area contributed by atoms with Crippen LogP contribution in [0.1, 0.15) is 21.5 Å². The van der Waals surface area contributed by atoms with E-state index >= 15 is 0 Å². The Morgan fingerprint density at radius 3 is 2.54 bits per heavy atom. The number of hydrogen-bond donors (Lipinski definition) is 3. The molecule has 9 nitrogen and oxygen atoms in total. The molecular weight excluding hydrogens is 513 g/mol. The topological polar surface area (TPSA) is 121 Å². The second kappa shape index (κ2) is 10.5. The highest BCUT2D eigenvalue weighted by Crippen LogP contribution is 2.37. The first kappa shape index (κ1) is 25.8. The Balaban J connectivity index is 1.34. The van der Waals surface area contributed by atoms with E-state index in [2.05, 4.69) is 30.9 Å². The van der Waals surface area contributed by atoms with Crippen LogP contribution in [-0.4, -0.2) is 39.5 Å². The number of benzene rings is 2. The van der Waals surface area contributed by atoms with Crippen molar-refractivity contribution in [2.24, 2.45) is 0 Å². The SMILES string of the molecule is Cc1ccc(C(=O)Nc2ccc(NC(=O)C3CO3)c(C(F)(F)F)c2)cc1Nc1nccc(-c2cccnc2)n1. The van der Waals surface area contributed by atoms with Gasteiger partial charge in [-0.2, -0.15) is 13.2 Å². The Morgan fingerprint density at radius 2 is 1.82 bits per heavy atom. The maximum Gasteiger partial charge on any atom is 0.418 e. The van der Waals surface area contributed by atoms with Crippen molar-refractivity contribution in [3.05, 3.63) is 89.9 Å². The zero-order valence-corrected chi connectivity index (χ0v) is 20.4. The Bertz CT molecular complexity index is 1540. The number of carbonyl (C=O) groups excluding carboxylic acids is 2. The molecular formula is C27H21F3N6O3. The molecule has 1 unspecified atom stereocenters. The van der Waals surface area contributed by atoms with E-state index in [1.54, 1.807) is 48.9 Å². The van der Waals surface area contributed by atoms with Crippen LogP contribution in [0.5, 0.6) is 0 Å². The zero-order chi connectivity index (χ0) is 27.6. The summed E-state index contributed by atoms with van der Waals surface area (Å²) in [6, 6.07) is 13.3. The lowest BCUT2D eigenvalue weighted by atomic mass is 10.1. The standard InChI is InChI=1S/C27H21F3N6O3/c1-15-4-5-16(11-22(15)36-26-32-10-8-20(35-26)17-3-2-9-31-13-17)24(37)33-18-6-7-21(19(12-18)27(28,29)30)34-25(38)23-14-39-23/h2-13,23H,14H2,1H3,(H,33,37)(H,34,38)(H,32,35,36). The first-order chi connectivity index (χ1) is 18.7. The molecule has 3 heterocycles. The largest absolute Gasteiger partial charge is 0.418 e. The molecule has 4 aromatic rings. The molecule has 0 spiro atoms. The zero-order valence-electron chi connectivity index (χ0n) is 20.4. The van der Waals surface area contributed by atoms with Crippen molar-refractivity contribution in [1.29, 1.82) is 0 Å². The maximum atomic E-state index is 13.7. The van der Waals surface area contributed by atoms with Gasteiger partial charge in [0.1, 0.15) is 0 Å². The fourth-order valence-electron chi connectivity index (χ4n) is 3.69. The van der Waals surface area contributed by atoms with E-state index in [1.807, 2.05) is 13.0 Å². The number of hydrogen-bond acceptors (Lipinski definition) is 7. The summed E-state index contributed by atoms with van der Waals surface area (Å²) in [6.07, 6.45) is -0.595. The van der Waals surface area contributed by atoms with E-state index in [0.717, 1.165) is 23.3 Å². The number of pyridine rings is 1. The summed E-state index contributed by atoms with van der Waals surface area (Å²) in [5, 5.41) is 7.80. The summed E-state index contributed by atoms with van der Waals surface area (Å²) in [5.41, 5.74) is 1.39. The number of aryl methyl sites for hydroxylation is 1. The van der Waals surface area contributed by atoms with E-state index in [-0.39, 0.29) is 17.9 Å². The lowest BCUT2D eigenvalue weighted by Crippen LogP contribution is -2.21. The van der Waals surface area contributed by atoms with Crippen LogP contribution >= 0.6 is 0 Å². The van der Waals surface area contributed by atoms with E-state index < -0.39 is 35.3 Å². The number of epoxide rings is 1. The second-order valence-electron chi connectivity index (χ2n) is 8.69. The average molecular weight is 534 g/mol. The van der Waals surface area contributed by atoms with Gasteiger partial charge in [-0.15, -0.1) is 0 Å². The van der Waals surface area contributed by atoms with E-state index in [4.69, 9.17) is 4.74 Å². The minimum atomic E-state index is -4.76. The monoisotopic (exact) mass is 534 g/mol. The number of aromatic nitrogens is 3.